The summed E-state index contributed by atoms with van der Waals surface area (Å²) in [7, 11) is 0. The molecule has 5 nitrogen and oxygen atoms in total. The van der Waals surface area contributed by atoms with Gasteiger partial charge in [-0.3, -0.25) is 0 Å². The first-order valence-corrected chi connectivity index (χ1v) is 7.97. The van der Waals surface area contributed by atoms with Crippen molar-refractivity contribution >= 4 is 39.6 Å². The summed E-state index contributed by atoms with van der Waals surface area (Å²) in [5.74, 6) is -0.354. The van der Waals surface area contributed by atoms with Crippen LogP contribution >= 0.6 is 22.6 Å². The molecule has 0 atom stereocenters. The lowest BCUT2D eigenvalue weighted by molar-refractivity contribution is 0.0525. The number of ether oxygens (including phenoxy) is 1. The molecule has 6 heteroatoms. The Kier molecular flexibility index (Phi) is 4.10. The first-order chi connectivity index (χ1) is 10.6. The van der Waals surface area contributed by atoms with E-state index in [1.807, 2.05) is 37.3 Å². The van der Waals surface area contributed by atoms with Gasteiger partial charge >= 0.3 is 5.97 Å². The van der Waals surface area contributed by atoms with E-state index < -0.39 is 0 Å². The number of aryl methyl sites for hydroxylation is 1. The molecule has 1 aromatic carbocycles. The van der Waals surface area contributed by atoms with Gasteiger partial charge in [0, 0.05) is 9.77 Å². The van der Waals surface area contributed by atoms with Crippen LogP contribution in [0.3, 0.4) is 0 Å². The minimum absolute atomic E-state index is 0.342. The molecule has 0 unspecified atom stereocenters. The van der Waals surface area contributed by atoms with Crippen molar-refractivity contribution in [1.29, 1.82) is 0 Å². The highest BCUT2D eigenvalue weighted by Crippen LogP contribution is 2.27. The molecule has 0 aliphatic heterocycles. The molecule has 2 heterocycles. The van der Waals surface area contributed by atoms with Gasteiger partial charge in [-0.25, -0.2) is 14.5 Å². The zero-order valence-corrected chi connectivity index (χ0v) is 14.4. The van der Waals surface area contributed by atoms with Gasteiger partial charge in [0.25, 0.3) is 0 Å². The van der Waals surface area contributed by atoms with Crippen molar-refractivity contribution in [3.05, 3.63) is 51.4 Å². The molecule has 0 aliphatic rings. The van der Waals surface area contributed by atoms with Crippen LogP contribution in [0.1, 0.15) is 23.0 Å². The van der Waals surface area contributed by atoms with E-state index in [1.54, 1.807) is 17.8 Å². The smallest absolute Gasteiger partial charge is 0.340 e. The second-order valence-corrected chi connectivity index (χ2v) is 5.82. The van der Waals surface area contributed by atoms with E-state index in [0.717, 1.165) is 26.0 Å². The Hall–Kier alpha value is -1.96. The monoisotopic (exact) mass is 407 g/mol. The SMILES string of the molecule is CCOC(=O)c1cnc2c(c(C)nn2-c2ccccc2)c1I. The molecule has 3 rings (SSSR count). The van der Waals surface area contributed by atoms with Gasteiger partial charge in [0.1, 0.15) is 0 Å². The van der Waals surface area contributed by atoms with Crippen LogP contribution in [0, 0.1) is 10.5 Å². The number of rotatable bonds is 3. The van der Waals surface area contributed by atoms with E-state index in [0.29, 0.717) is 12.2 Å². The fraction of sp³-hybridized carbons (Fsp3) is 0.188. The van der Waals surface area contributed by atoms with Gasteiger partial charge in [-0.2, -0.15) is 5.10 Å². The third-order valence-corrected chi connectivity index (χ3v) is 4.42. The number of para-hydroxylation sites is 1. The summed E-state index contributed by atoms with van der Waals surface area (Å²) in [6, 6.07) is 9.81. The second kappa shape index (κ2) is 6.04. The summed E-state index contributed by atoms with van der Waals surface area (Å²) in [6.45, 7) is 4.05. The Balaban J connectivity index is 2.21. The fourth-order valence-electron chi connectivity index (χ4n) is 2.31. The molecule has 0 spiro atoms. The molecule has 0 aliphatic carbocycles. The van der Waals surface area contributed by atoms with Crippen LogP contribution in [0.15, 0.2) is 36.5 Å². The average molecular weight is 407 g/mol. The van der Waals surface area contributed by atoms with Crippen LogP contribution in [-0.4, -0.2) is 27.3 Å². The quantitative estimate of drug-likeness (QED) is 0.493. The van der Waals surface area contributed by atoms with Crippen molar-refractivity contribution in [3.8, 4) is 5.69 Å². The van der Waals surface area contributed by atoms with Crippen LogP contribution in [0.5, 0.6) is 0 Å². The molecule has 0 radical (unpaired) electrons. The first kappa shape index (κ1) is 15.0. The summed E-state index contributed by atoms with van der Waals surface area (Å²) in [5, 5.41) is 5.45. The maximum atomic E-state index is 12.0. The van der Waals surface area contributed by atoms with E-state index in [-0.39, 0.29) is 5.97 Å². The van der Waals surface area contributed by atoms with Crippen LogP contribution in [0.25, 0.3) is 16.7 Å². The van der Waals surface area contributed by atoms with Crippen molar-refractivity contribution in [2.45, 2.75) is 13.8 Å². The van der Waals surface area contributed by atoms with Crippen molar-refractivity contribution < 1.29 is 9.53 Å². The predicted octanol–water partition coefficient (Wildman–Crippen LogP) is 3.51. The van der Waals surface area contributed by atoms with Gasteiger partial charge in [-0.05, 0) is 48.6 Å². The summed E-state index contributed by atoms with van der Waals surface area (Å²) in [5.41, 5.74) is 2.99. The molecular weight excluding hydrogens is 393 g/mol. The Labute approximate surface area is 141 Å². The minimum Gasteiger partial charge on any atom is -0.462 e. The fourth-order valence-corrected chi connectivity index (χ4v) is 3.30. The lowest BCUT2D eigenvalue weighted by atomic mass is 10.2. The number of aromatic nitrogens is 3. The van der Waals surface area contributed by atoms with Crippen molar-refractivity contribution in [2.24, 2.45) is 0 Å². The molecule has 112 valence electrons. The maximum absolute atomic E-state index is 12.0. The third-order valence-electron chi connectivity index (χ3n) is 3.30. The molecule has 3 aromatic rings. The second-order valence-electron chi connectivity index (χ2n) is 4.74. The number of esters is 1. The summed E-state index contributed by atoms with van der Waals surface area (Å²) in [4.78, 5) is 16.4. The number of nitrogens with zero attached hydrogens (tertiary/aromatic N) is 3. The topological polar surface area (TPSA) is 57.0 Å². The number of fused-ring (bicyclic) bond motifs is 1. The Morgan fingerprint density at radius 2 is 2.05 bits per heavy atom. The van der Waals surface area contributed by atoms with Crippen molar-refractivity contribution in [1.82, 2.24) is 14.8 Å². The Morgan fingerprint density at radius 3 is 2.73 bits per heavy atom. The number of carbonyl (C=O) groups is 1. The number of pyridine rings is 1. The van der Waals surface area contributed by atoms with E-state index in [1.165, 1.54) is 0 Å². The molecule has 0 amide bonds. The normalized spacial score (nSPS) is 10.9. The molecule has 2 aromatic heterocycles. The molecular formula is C16H14IN3O2. The van der Waals surface area contributed by atoms with Gasteiger partial charge in [-0.1, -0.05) is 18.2 Å². The van der Waals surface area contributed by atoms with Crippen molar-refractivity contribution in [2.75, 3.05) is 6.61 Å². The lowest BCUT2D eigenvalue weighted by Gasteiger charge is -2.06. The van der Waals surface area contributed by atoms with E-state index in [2.05, 4.69) is 32.7 Å². The van der Waals surface area contributed by atoms with Crippen LogP contribution in [0.2, 0.25) is 0 Å². The molecule has 0 saturated heterocycles. The van der Waals surface area contributed by atoms with Crippen LogP contribution < -0.4 is 0 Å². The maximum Gasteiger partial charge on any atom is 0.340 e. The largest absolute Gasteiger partial charge is 0.462 e. The summed E-state index contributed by atoms with van der Waals surface area (Å²) >= 11 is 2.16. The number of benzene rings is 1. The lowest BCUT2D eigenvalue weighted by Crippen LogP contribution is -2.08. The van der Waals surface area contributed by atoms with Gasteiger partial charge in [0.05, 0.1) is 28.9 Å². The van der Waals surface area contributed by atoms with Crippen LogP contribution in [-0.2, 0) is 4.74 Å². The zero-order chi connectivity index (χ0) is 15.7. The van der Waals surface area contributed by atoms with E-state index in [4.69, 9.17) is 4.74 Å². The highest BCUT2D eigenvalue weighted by molar-refractivity contribution is 14.1. The molecule has 0 bridgehead atoms. The van der Waals surface area contributed by atoms with E-state index in [9.17, 15) is 4.79 Å². The number of hydrogen-bond donors (Lipinski definition) is 0. The first-order valence-electron chi connectivity index (χ1n) is 6.89. The molecule has 0 saturated carbocycles. The van der Waals surface area contributed by atoms with Gasteiger partial charge in [-0.15, -0.1) is 0 Å². The van der Waals surface area contributed by atoms with Crippen LogP contribution in [0.4, 0.5) is 0 Å². The number of halogens is 1. The third kappa shape index (κ3) is 2.47. The molecule has 22 heavy (non-hydrogen) atoms. The Morgan fingerprint density at radius 1 is 1.32 bits per heavy atom. The summed E-state index contributed by atoms with van der Waals surface area (Å²) < 4.78 is 7.69. The van der Waals surface area contributed by atoms with E-state index >= 15 is 0 Å². The van der Waals surface area contributed by atoms with Crippen molar-refractivity contribution in [3.63, 3.8) is 0 Å². The number of hydrogen-bond acceptors (Lipinski definition) is 4. The number of carbonyl (C=O) groups excluding carboxylic acids is 1. The van der Waals surface area contributed by atoms with Gasteiger partial charge in [0.2, 0.25) is 0 Å². The predicted molar refractivity (Wildman–Crippen MR) is 92.3 cm³/mol. The standard InChI is InChI=1S/C16H14IN3O2/c1-3-22-16(21)12-9-18-15-13(14(12)17)10(2)19-20(15)11-7-5-4-6-8-11/h4-9H,3H2,1-2H3. The Bertz CT molecular complexity index is 843. The zero-order valence-electron chi connectivity index (χ0n) is 12.2. The average Bonchev–Trinajstić information content (AvgIpc) is 2.86. The molecule has 0 fully saturated rings. The van der Waals surface area contributed by atoms with Gasteiger partial charge in [0.15, 0.2) is 5.65 Å². The highest BCUT2D eigenvalue weighted by Gasteiger charge is 2.20. The van der Waals surface area contributed by atoms with Gasteiger partial charge < -0.3 is 4.74 Å². The summed E-state index contributed by atoms with van der Waals surface area (Å²) in [6.07, 6.45) is 1.56. The highest BCUT2D eigenvalue weighted by atomic mass is 127. The molecule has 0 N–H and O–H groups in total. The minimum atomic E-state index is -0.354.